The van der Waals surface area contributed by atoms with Gasteiger partial charge in [0.1, 0.15) is 12.3 Å². The lowest BCUT2D eigenvalue weighted by atomic mass is 9.67. The first-order valence-corrected chi connectivity index (χ1v) is 10.0. The zero-order valence-electron chi connectivity index (χ0n) is 17.8. The molecule has 0 spiro atoms. The van der Waals surface area contributed by atoms with E-state index in [1.165, 1.54) is 19.3 Å². The van der Waals surface area contributed by atoms with E-state index in [0.29, 0.717) is 17.9 Å². The Balaban J connectivity index is 0.00000420. The van der Waals surface area contributed by atoms with Crippen molar-refractivity contribution in [3.63, 3.8) is 0 Å². The van der Waals surface area contributed by atoms with Crippen molar-refractivity contribution in [2.75, 3.05) is 40.5 Å². The summed E-state index contributed by atoms with van der Waals surface area (Å²) in [5.74, 6) is 1.38. The van der Waals surface area contributed by atoms with E-state index in [9.17, 15) is 4.79 Å². The molecule has 0 aliphatic heterocycles. The van der Waals surface area contributed by atoms with Crippen LogP contribution in [0.25, 0.3) is 0 Å². The number of rotatable bonds is 11. The molecule has 2 rings (SSSR count). The van der Waals surface area contributed by atoms with Crippen molar-refractivity contribution in [3.05, 3.63) is 29.8 Å². The van der Waals surface area contributed by atoms with E-state index in [1.54, 1.807) is 14.2 Å². The lowest BCUT2D eigenvalue weighted by Gasteiger charge is -2.42. The molecule has 0 bridgehead atoms. The minimum atomic E-state index is -0.106. The number of nitrogens with one attached hydrogen (secondary N) is 3. The maximum absolute atomic E-state index is 12.1. The number of guanidine groups is 1. The Hall–Kier alpha value is -1.55. The van der Waals surface area contributed by atoms with Gasteiger partial charge in [-0.05, 0) is 49.3 Å². The first kappa shape index (κ1) is 25.5. The second-order valence-corrected chi connectivity index (χ2v) is 7.27. The van der Waals surface area contributed by atoms with Crippen LogP contribution in [-0.4, -0.2) is 52.3 Å². The molecule has 1 aliphatic rings. The fourth-order valence-electron chi connectivity index (χ4n) is 3.27. The molecule has 164 valence electrons. The van der Waals surface area contributed by atoms with Gasteiger partial charge in [0.15, 0.2) is 5.96 Å². The molecule has 3 N–H and O–H groups in total. The summed E-state index contributed by atoms with van der Waals surface area (Å²) >= 11 is 0. The number of benzene rings is 1. The van der Waals surface area contributed by atoms with Crippen LogP contribution >= 0.6 is 24.0 Å². The number of carbonyl (C=O) groups is 1. The summed E-state index contributed by atoms with van der Waals surface area (Å²) in [6, 6.07) is 7.64. The van der Waals surface area contributed by atoms with Gasteiger partial charge in [-0.1, -0.05) is 18.6 Å². The van der Waals surface area contributed by atoms with Crippen LogP contribution in [0.2, 0.25) is 0 Å². The van der Waals surface area contributed by atoms with Gasteiger partial charge in [0.2, 0.25) is 5.91 Å². The number of nitrogens with zero attached hydrogens (tertiary/aromatic N) is 1. The molecule has 0 aromatic heterocycles. The first-order chi connectivity index (χ1) is 13.6. The van der Waals surface area contributed by atoms with Crippen molar-refractivity contribution in [1.82, 2.24) is 16.0 Å². The summed E-state index contributed by atoms with van der Waals surface area (Å²) in [6.45, 7) is 4.98. The van der Waals surface area contributed by atoms with Gasteiger partial charge in [0.25, 0.3) is 0 Å². The molecular formula is C21H35IN4O3. The molecule has 1 aromatic rings. The van der Waals surface area contributed by atoms with Crippen molar-refractivity contribution in [3.8, 4) is 5.75 Å². The average molecular weight is 518 g/mol. The highest BCUT2D eigenvalue weighted by Crippen LogP contribution is 2.43. The van der Waals surface area contributed by atoms with E-state index in [2.05, 4.69) is 20.9 Å². The van der Waals surface area contributed by atoms with E-state index in [-0.39, 0.29) is 36.4 Å². The fraction of sp³-hybridized carbons (Fsp3) is 0.619. The highest BCUT2D eigenvalue weighted by atomic mass is 127. The van der Waals surface area contributed by atoms with Gasteiger partial charge in [0.05, 0.1) is 7.11 Å². The number of halogens is 1. The average Bonchev–Trinajstić information content (AvgIpc) is 2.69. The monoisotopic (exact) mass is 518 g/mol. The van der Waals surface area contributed by atoms with Gasteiger partial charge in [-0.15, -0.1) is 24.0 Å². The van der Waals surface area contributed by atoms with Crippen LogP contribution < -0.4 is 20.7 Å². The number of hydrogen-bond donors (Lipinski definition) is 3. The lowest BCUT2D eigenvalue weighted by Crippen LogP contribution is -2.47. The Morgan fingerprint density at radius 3 is 2.41 bits per heavy atom. The molecule has 0 heterocycles. The van der Waals surface area contributed by atoms with Crippen molar-refractivity contribution < 1.29 is 14.3 Å². The highest BCUT2D eigenvalue weighted by molar-refractivity contribution is 14.0. The molecule has 8 heteroatoms. The third-order valence-electron chi connectivity index (χ3n) is 5.26. The molecule has 1 amide bonds. The van der Waals surface area contributed by atoms with Crippen molar-refractivity contribution in [2.45, 2.75) is 39.2 Å². The Bertz CT molecular complexity index is 633. The Morgan fingerprint density at radius 2 is 1.86 bits per heavy atom. The normalized spacial score (nSPS) is 14.9. The van der Waals surface area contributed by atoms with E-state index in [1.807, 2.05) is 31.2 Å². The molecule has 1 aliphatic carbocycles. The topological polar surface area (TPSA) is 84.0 Å². The van der Waals surface area contributed by atoms with Crippen LogP contribution in [0, 0.1) is 5.41 Å². The zero-order chi connectivity index (χ0) is 20.2. The lowest BCUT2D eigenvalue weighted by molar-refractivity contribution is -0.119. The molecule has 0 atom stereocenters. The summed E-state index contributed by atoms with van der Waals surface area (Å²) in [6.07, 6.45) is 4.75. The number of amides is 1. The molecule has 0 saturated heterocycles. The Kier molecular flexibility index (Phi) is 12.0. The van der Waals surface area contributed by atoms with Gasteiger partial charge < -0.3 is 25.4 Å². The predicted molar refractivity (Wildman–Crippen MR) is 127 cm³/mol. The summed E-state index contributed by atoms with van der Waals surface area (Å²) in [4.78, 5) is 16.6. The quantitative estimate of drug-likeness (QED) is 0.239. The van der Waals surface area contributed by atoms with E-state index < -0.39 is 0 Å². The maximum atomic E-state index is 12.1. The minimum Gasteiger partial charge on any atom is -0.497 e. The molecule has 7 nitrogen and oxygen atoms in total. The van der Waals surface area contributed by atoms with Crippen LogP contribution in [0.15, 0.2) is 29.3 Å². The van der Waals surface area contributed by atoms with Gasteiger partial charge in [-0.2, -0.15) is 0 Å². The van der Waals surface area contributed by atoms with Crippen molar-refractivity contribution >= 4 is 35.8 Å². The Labute approximate surface area is 191 Å². The largest absolute Gasteiger partial charge is 0.497 e. The molecule has 1 aromatic carbocycles. The summed E-state index contributed by atoms with van der Waals surface area (Å²) in [5, 5.41) is 9.52. The van der Waals surface area contributed by atoms with Crippen LogP contribution in [-0.2, 0) is 16.1 Å². The number of methoxy groups -OCH3 is 2. The van der Waals surface area contributed by atoms with Crippen LogP contribution in [0.1, 0.15) is 38.2 Å². The summed E-state index contributed by atoms with van der Waals surface area (Å²) < 4.78 is 10.4. The second-order valence-electron chi connectivity index (χ2n) is 7.27. The van der Waals surface area contributed by atoms with Gasteiger partial charge in [-0.3, -0.25) is 4.79 Å². The maximum Gasteiger partial charge on any atom is 0.242 e. The van der Waals surface area contributed by atoms with Gasteiger partial charge in [0, 0.05) is 33.4 Å². The van der Waals surface area contributed by atoms with Crippen molar-refractivity contribution in [1.29, 1.82) is 0 Å². The molecule has 29 heavy (non-hydrogen) atoms. The predicted octanol–water partition coefficient (Wildman–Crippen LogP) is 2.69. The number of aliphatic imine (C=N–C) groups is 1. The van der Waals surface area contributed by atoms with Crippen LogP contribution in [0.3, 0.4) is 0 Å². The number of hydrogen-bond acceptors (Lipinski definition) is 4. The van der Waals surface area contributed by atoms with E-state index >= 15 is 0 Å². The zero-order valence-corrected chi connectivity index (χ0v) is 20.1. The smallest absolute Gasteiger partial charge is 0.242 e. The SMILES string of the molecule is CCNC(=NCC(=O)NCc1ccc(OC)cc1)NCC1(CCOC)CCC1.I. The van der Waals surface area contributed by atoms with Crippen molar-refractivity contribution in [2.24, 2.45) is 10.4 Å². The number of ether oxygens (including phenoxy) is 2. The molecular weight excluding hydrogens is 483 g/mol. The van der Waals surface area contributed by atoms with Gasteiger partial charge in [-0.25, -0.2) is 4.99 Å². The summed E-state index contributed by atoms with van der Waals surface area (Å²) in [7, 11) is 3.38. The Morgan fingerprint density at radius 1 is 1.14 bits per heavy atom. The summed E-state index contributed by atoms with van der Waals surface area (Å²) in [5.41, 5.74) is 1.32. The van der Waals surface area contributed by atoms with Gasteiger partial charge >= 0.3 is 0 Å². The minimum absolute atomic E-state index is 0. The third-order valence-corrected chi connectivity index (χ3v) is 5.26. The van der Waals surface area contributed by atoms with E-state index in [4.69, 9.17) is 9.47 Å². The van der Waals surface area contributed by atoms with Crippen LogP contribution in [0.5, 0.6) is 5.75 Å². The molecule has 0 radical (unpaired) electrons. The van der Waals surface area contributed by atoms with E-state index in [0.717, 1.165) is 37.4 Å². The first-order valence-electron chi connectivity index (χ1n) is 10.0. The second kappa shape index (κ2) is 13.6. The number of carbonyl (C=O) groups excluding carboxylic acids is 1. The third kappa shape index (κ3) is 8.77. The molecule has 1 saturated carbocycles. The molecule has 0 unspecified atom stereocenters. The standard InChI is InChI=1S/C21H34N4O3.HI/c1-4-22-20(25-16-21(10-5-11-21)12-13-27-2)24-15-19(26)23-14-17-6-8-18(28-3)9-7-17;/h6-9H,4-5,10-16H2,1-3H3,(H,23,26)(H2,22,24,25);1H. The molecule has 1 fully saturated rings. The fourth-order valence-corrected chi connectivity index (χ4v) is 3.27. The highest BCUT2D eigenvalue weighted by Gasteiger charge is 2.36. The van der Waals surface area contributed by atoms with Crippen LogP contribution in [0.4, 0.5) is 0 Å².